The maximum atomic E-state index is 10.3. The lowest BCUT2D eigenvalue weighted by Gasteiger charge is -2.44. The van der Waals surface area contributed by atoms with Gasteiger partial charge in [0.15, 0.2) is 11.5 Å². The Morgan fingerprint density at radius 2 is 1.86 bits per heavy atom. The summed E-state index contributed by atoms with van der Waals surface area (Å²) in [6.07, 6.45) is 9.90. The fraction of sp³-hybridized carbons (Fsp3) is 0.667. The van der Waals surface area contributed by atoms with Crippen LogP contribution in [0.4, 0.5) is 5.82 Å². The van der Waals surface area contributed by atoms with Gasteiger partial charge >= 0.3 is 0 Å². The number of imidazole rings is 1. The molecule has 2 aliphatic rings. The highest BCUT2D eigenvalue weighted by atomic mass is 16.3. The zero-order valence-corrected chi connectivity index (χ0v) is 12.0. The summed E-state index contributed by atoms with van der Waals surface area (Å²) in [5, 5.41) is 10.3. The van der Waals surface area contributed by atoms with Crippen LogP contribution in [0, 0.1) is 11.8 Å². The zero-order valence-electron chi connectivity index (χ0n) is 12.0. The summed E-state index contributed by atoms with van der Waals surface area (Å²) >= 11 is 0. The van der Waals surface area contributed by atoms with Crippen LogP contribution in [-0.4, -0.2) is 30.7 Å². The summed E-state index contributed by atoms with van der Waals surface area (Å²) in [4.78, 5) is 12.8. The van der Waals surface area contributed by atoms with Crippen molar-refractivity contribution in [2.24, 2.45) is 11.8 Å². The highest BCUT2D eigenvalue weighted by molar-refractivity contribution is 5.81. The molecular weight excluding hydrogens is 266 g/mol. The van der Waals surface area contributed by atoms with Crippen LogP contribution in [0.2, 0.25) is 0 Å². The van der Waals surface area contributed by atoms with Crippen LogP contribution in [-0.2, 0) is 0 Å². The number of rotatable bonds is 1. The van der Waals surface area contributed by atoms with E-state index in [1.54, 1.807) is 0 Å². The predicted molar refractivity (Wildman–Crippen MR) is 79.5 cm³/mol. The topological polar surface area (TPSA) is 89.9 Å². The molecule has 4 rings (SSSR count). The number of nitrogens with zero attached hydrogens (tertiary/aromatic N) is 4. The van der Waals surface area contributed by atoms with Crippen molar-refractivity contribution in [1.82, 2.24) is 19.5 Å². The molecule has 4 atom stereocenters. The molecule has 0 saturated heterocycles. The van der Waals surface area contributed by atoms with Gasteiger partial charge in [0.2, 0.25) is 0 Å². The van der Waals surface area contributed by atoms with E-state index in [2.05, 4.69) is 19.5 Å². The molecule has 2 fully saturated rings. The molecule has 2 aliphatic carbocycles. The standard InChI is InChI=1S/C15H21N5O/c16-14-13-15(18-7-17-14)20(8-19-13)11-5-1-4-10-9(11)3-2-6-12(10)21/h7-12,21H,1-6H2,(H2,16,17,18). The molecule has 0 amide bonds. The third-order valence-electron chi connectivity index (χ3n) is 5.36. The summed E-state index contributed by atoms with van der Waals surface area (Å²) in [7, 11) is 0. The van der Waals surface area contributed by atoms with Crippen molar-refractivity contribution in [3.63, 3.8) is 0 Å². The Bertz CT molecular complexity index is 655. The Morgan fingerprint density at radius 3 is 2.76 bits per heavy atom. The lowest BCUT2D eigenvalue weighted by atomic mass is 9.67. The zero-order chi connectivity index (χ0) is 14.4. The van der Waals surface area contributed by atoms with Gasteiger partial charge in [-0.3, -0.25) is 0 Å². The second-order valence-electron chi connectivity index (χ2n) is 6.41. The van der Waals surface area contributed by atoms with Gasteiger partial charge in [-0.2, -0.15) is 0 Å². The molecule has 4 unspecified atom stereocenters. The van der Waals surface area contributed by atoms with E-state index in [-0.39, 0.29) is 6.10 Å². The van der Waals surface area contributed by atoms with Crippen molar-refractivity contribution in [2.45, 2.75) is 50.7 Å². The third kappa shape index (κ3) is 2.00. The number of aromatic nitrogens is 4. The number of aliphatic hydroxyl groups excluding tert-OH is 1. The first-order valence-corrected chi connectivity index (χ1v) is 7.87. The quantitative estimate of drug-likeness (QED) is 0.836. The first-order chi connectivity index (χ1) is 10.3. The van der Waals surface area contributed by atoms with Crippen molar-refractivity contribution in [1.29, 1.82) is 0 Å². The van der Waals surface area contributed by atoms with Crippen LogP contribution in [0.25, 0.3) is 11.2 Å². The molecule has 0 aromatic carbocycles. The van der Waals surface area contributed by atoms with E-state index in [4.69, 9.17) is 5.73 Å². The smallest absolute Gasteiger partial charge is 0.165 e. The Kier molecular flexibility index (Phi) is 3.06. The van der Waals surface area contributed by atoms with E-state index in [1.165, 1.54) is 12.7 Å². The van der Waals surface area contributed by atoms with Crippen LogP contribution in [0.15, 0.2) is 12.7 Å². The van der Waals surface area contributed by atoms with Gasteiger partial charge in [-0.25, -0.2) is 15.0 Å². The van der Waals surface area contributed by atoms with Crippen LogP contribution in [0.5, 0.6) is 0 Å². The lowest BCUT2D eigenvalue weighted by molar-refractivity contribution is -0.0111. The average molecular weight is 287 g/mol. The van der Waals surface area contributed by atoms with Crippen molar-refractivity contribution in [2.75, 3.05) is 5.73 Å². The lowest BCUT2D eigenvalue weighted by Crippen LogP contribution is -2.40. The van der Waals surface area contributed by atoms with E-state index in [9.17, 15) is 5.11 Å². The van der Waals surface area contributed by atoms with Crippen LogP contribution < -0.4 is 5.73 Å². The van der Waals surface area contributed by atoms with E-state index >= 15 is 0 Å². The van der Waals surface area contributed by atoms with Crippen LogP contribution in [0.3, 0.4) is 0 Å². The monoisotopic (exact) mass is 287 g/mol. The molecule has 112 valence electrons. The minimum absolute atomic E-state index is 0.138. The molecule has 6 nitrogen and oxygen atoms in total. The number of fused-ring (bicyclic) bond motifs is 2. The summed E-state index contributed by atoms with van der Waals surface area (Å²) in [5.74, 6) is 1.39. The molecule has 6 heteroatoms. The number of hydrogen-bond acceptors (Lipinski definition) is 5. The SMILES string of the molecule is Nc1ncnc2c1ncn2C1CCCC2C(O)CCCC21. The molecule has 2 saturated carbocycles. The minimum atomic E-state index is -0.138. The fourth-order valence-electron chi connectivity index (χ4n) is 4.40. The second kappa shape index (κ2) is 4.94. The van der Waals surface area contributed by atoms with Crippen molar-refractivity contribution in [3.05, 3.63) is 12.7 Å². The average Bonchev–Trinajstić information content (AvgIpc) is 2.92. The van der Waals surface area contributed by atoms with E-state index in [0.717, 1.165) is 37.8 Å². The first kappa shape index (κ1) is 13.0. The van der Waals surface area contributed by atoms with E-state index < -0.39 is 0 Å². The summed E-state index contributed by atoms with van der Waals surface area (Å²) in [6.45, 7) is 0. The fourth-order valence-corrected chi connectivity index (χ4v) is 4.40. The molecule has 2 aromatic heterocycles. The van der Waals surface area contributed by atoms with E-state index in [0.29, 0.717) is 29.2 Å². The Hall–Kier alpha value is -1.69. The molecule has 21 heavy (non-hydrogen) atoms. The highest BCUT2D eigenvalue weighted by Crippen LogP contribution is 2.46. The maximum Gasteiger partial charge on any atom is 0.165 e. The summed E-state index contributed by atoms with van der Waals surface area (Å²) < 4.78 is 2.17. The van der Waals surface area contributed by atoms with Gasteiger partial charge in [-0.15, -0.1) is 0 Å². The van der Waals surface area contributed by atoms with Gasteiger partial charge in [0, 0.05) is 6.04 Å². The summed E-state index contributed by atoms with van der Waals surface area (Å²) in [6, 6.07) is 0.373. The second-order valence-corrected chi connectivity index (χ2v) is 6.41. The van der Waals surface area contributed by atoms with Crippen molar-refractivity contribution < 1.29 is 5.11 Å². The van der Waals surface area contributed by atoms with Gasteiger partial charge in [0.25, 0.3) is 0 Å². The maximum absolute atomic E-state index is 10.3. The normalized spacial score (nSPS) is 33.0. The molecule has 0 bridgehead atoms. The Morgan fingerprint density at radius 1 is 1.05 bits per heavy atom. The molecule has 2 heterocycles. The Labute approximate surface area is 123 Å². The molecule has 0 radical (unpaired) electrons. The molecule has 0 spiro atoms. The van der Waals surface area contributed by atoms with Gasteiger partial charge in [0.05, 0.1) is 12.4 Å². The number of nitrogen functional groups attached to an aromatic ring is 1. The number of anilines is 1. The van der Waals surface area contributed by atoms with Gasteiger partial charge < -0.3 is 15.4 Å². The van der Waals surface area contributed by atoms with E-state index in [1.807, 2.05) is 6.33 Å². The van der Waals surface area contributed by atoms with Gasteiger partial charge in [-0.05, 0) is 37.5 Å². The third-order valence-corrected chi connectivity index (χ3v) is 5.36. The van der Waals surface area contributed by atoms with Gasteiger partial charge in [0.1, 0.15) is 11.8 Å². The number of nitrogens with two attached hydrogens (primary N) is 1. The van der Waals surface area contributed by atoms with Crippen molar-refractivity contribution >= 4 is 17.0 Å². The minimum Gasteiger partial charge on any atom is -0.393 e. The van der Waals surface area contributed by atoms with Crippen molar-refractivity contribution in [3.8, 4) is 0 Å². The first-order valence-electron chi connectivity index (χ1n) is 7.87. The largest absolute Gasteiger partial charge is 0.393 e. The molecule has 3 N–H and O–H groups in total. The van der Waals surface area contributed by atoms with Gasteiger partial charge in [-0.1, -0.05) is 12.8 Å². The highest BCUT2D eigenvalue weighted by Gasteiger charge is 2.40. The Balaban J connectivity index is 1.75. The summed E-state index contributed by atoms with van der Waals surface area (Å²) in [5.41, 5.74) is 7.40. The number of aliphatic hydroxyl groups is 1. The molecule has 0 aliphatic heterocycles. The molecule has 2 aromatic rings. The molecular formula is C15H21N5O. The van der Waals surface area contributed by atoms with Crippen LogP contribution >= 0.6 is 0 Å². The van der Waals surface area contributed by atoms with Crippen LogP contribution in [0.1, 0.15) is 44.6 Å². The predicted octanol–water partition coefficient (Wildman–Crippen LogP) is 1.91. The number of hydrogen-bond donors (Lipinski definition) is 2.